The number of sulfone groups is 1. The lowest BCUT2D eigenvalue weighted by molar-refractivity contribution is -0.127. The lowest BCUT2D eigenvalue weighted by atomic mass is 10.2. The Morgan fingerprint density at radius 3 is 2.50 bits per heavy atom. The van der Waals surface area contributed by atoms with Crippen molar-refractivity contribution in [2.24, 2.45) is 4.99 Å². The first-order valence-corrected chi connectivity index (χ1v) is 10.6. The zero-order valence-corrected chi connectivity index (χ0v) is 19.0. The fraction of sp³-hybridized carbons (Fsp3) is 0.857. The van der Waals surface area contributed by atoms with Gasteiger partial charge in [0.1, 0.15) is 6.54 Å². The van der Waals surface area contributed by atoms with Gasteiger partial charge in [-0.15, -0.1) is 24.0 Å². The van der Waals surface area contributed by atoms with Gasteiger partial charge in [-0.1, -0.05) is 0 Å². The van der Waals surface area contributed by atoms with Crippen LogP contribution in [0.1, 0.15) is 13.8 Å². The Morgan fingerprint density at radius 2 is 2.00 bits per heavy atom. The molecule has 0 aromatic carbocycles. The molecule has 0 unspecified atom stereocenters. The summed E-state index contributed by atoms with van der Waals surface area (Å²) in [5, 5.41) is 3.24. The minimum Gasteiger partial charge on any atom is -0.355 e. The van der Waals surface area contributed by atoms with Crippen LogP contribution in [0.2, 0.25) is 0 Å². The van der Waals surface area contributed by atoms with E-state index in [4.69, 9.17) is 0 Å². The van der Waals surface area contributed by atoms with E-state index < -0.39 is 14.6 Å². The van der Waals surface area contributed by atoms with Crippen LogP contribution in [0.25, 0.3) is 0 Å². The van der Waals surface area contributed by atoms with Crippen LogP contribution in [0.4, 0.5) is 0 Å². The molecule has 0 bridgehead atoms. The Morgan fingerprint density at radius 1 is 1.38 bits per heavy atom. The molecule has 0 atom stereocenters. The van der Waals surface area contributed by atoms with Gasteiger partial charge >= 0.3 is 0 Å². The molecule has 10 heteroatoms. The minimum absolute atomic E-state index is 0. The standard InChI is InChI=1S/C14H28N4O3S2.HI/c1-14(2)11-18(7-9-23(14,20)21)13(15-6-8-22-5)16-10-12(19)17(3)4;/h6-11H2,1-5H3,(H,15,16);1H. The third kappa shape index (κ3) is 6.58. The molecule has 1 N–H and O–H groups in total. The van der Waals surface area contributed by atoms with Crippen molar-refractivity contribution in [1.29, 1.82) is 0 Å². The summed E-state index contributed by atoms with van der Waals surface area (Å²) in [7, 11) is 0.278. The lowest BCUT2D eigenvalue weighted by Crippen LogP contribution is -2.57. The van der Waals surface area contributed by atoms with Gasteiger partial charge in [0.15, 0.2) is 15.8 Å². The number of nitrogens with one attached hydrogen (secondary N) is 1. The fourth-order valence-electron chi connectivity index (χ4n) is 2.14. The molecule has 1 amide bonds. The third-order valence-electron chi connectivity index (χ3n) is 3.80. The number of carbonyl (C=O) groups excluding carboxylic acids is 1. The SMILES string of the molecule is CSCCNC(=NCC(=O)N(C)C)N1CCS(=O)(=O)C(C)(C)C1.I. The van der Waals surface area contributed by atoms with Crippen molar-refractivity contribution >= 4 is 57.4 Å². The van der Waals surface area contributed by atoms with E-state index in [1.165, 1.54) is 4.90 Å². The van der Waals surface area contributed by atoms with Gasteiger partial charge in [0, 0.05) is 39.5 Å². The molecular formula is C14H29IN4O3S2. The minimum atomic E-state index is -3.10. The number of nitrogens with zero attached hydrogens (tertiary/aromatic N) is 3. The number of halogens is 1. The van der Waals surface area contributed by atoms with Crippen LogP contribution in [-0.2, 0) is 14.6 Å². The highest BCUT2D eigenvalue weighted by Crippen LogP contribution is 2.23. The Balaban J connectivity index is 0.00000529. The topological polar surface area (TPSA) is 82.1 Å². The number of rotatable bonds is 5. The number of thioether (sulfide) groups is 1. The van der Waals surface area contributed by atoms with Crippen LogP contribution in [0.3, 0.4) is 0 Å². The molecule has 0 aromatic rings. The van der Waals surface area contributed by atoms with E-state index in [1.807, 2.05) is 11.2 Å². The molecule has 1 aliphatic rings. The molecule has 1 aliphatic heterocycles. The molecule has 0 spiro atoms. The molecule has 1 rings (SSSR count). The Bertz CT molecular complexity index is 550. The van der Waals surface area contributed by atoms with Gasteiger partial charge in [0.25, 0.3) is 0 Å². The van der Waals surface area contributed by atoms with Crippen molar-refractivity contribution in [3.63, 3.8) is 0 Å². The van der Waals surface area contributed by atoms with E-state index in [-0.39, 0.29) is 42.2 Å². The van der Waals surface area contributed by atoms with Crippen molar-refractivity contribution in [3.05, 3.63) is 0 Å². The Labute approximate surface area is 166 Å². The third-order valence-corrected chi connectivity index (χ3v) is 6.94. The van der Waals surface area contributed by atoms with E-state index >= 15 is 0 Å². The van der Waals surface area contributed by atoms with E-state index in [0.29, 0.717) is 19.0 Å². The molecule has 1 saturated heterocycles. The van der Waals surface area contributed by atoms with E-state index in [2.05, 4.69) is 10.3 Å². The fourth-order valence-corrected chi connectivity index (χ4v) is 3.81. The second kappa shape index (κ2) is 10.0. The van der Waals surface area contributed by atoms with Gasteiger partial charge in [0.2, 0.25) is 5.91 Å². The highest BCUT2D eigenvalue weighted by molar-refractivity contribution is 14.0. The summed E-state index contributed by atoms with van der Waals surface area (Å²) in [6.07, 6.45) is 2.02. The number of hydrogen-bond acceptors (Lipinski definition) is 5. The van der Waals surface area contributed by atoms with E-state index in [9.17, 15) is 13.2 Å². The van der Waals surface area contributed by atoms with Crippen LogP contribution < -0.4 is 5.32 Å². The van der Waals surface area contributed by atoms with Crippen LogP contribution in [0, 0.1) is 0 Å². The predicted octanol–water partition coefficient (Wildman–Crippen LogP) is 0.510. The van der Waals surface area contributed by atoms with Crippen molar-refractivity contribution < 1.29 is 13.2 Å². The summed E-state index contributed by atoms with van der Waals surface area (Å²) in [6.45, 7) is 5.01. The smallest absolute Gasteiger partial charge is 0.243 e. The maximum Gasteiger partial charge on any atom is 0.243 e. The highest BCUT2D eigenvalue weighted by atomic mass is 127. The number of guanidine groups is 1. The number of aliphatic imine (C=N–C) groups is 1. The van der Waals surface area contributed by atoms with Gasteiger partial charge in [-0.05, 0) is 20.1 Å². The monoisotopic (exact) mass is 492 g/mol. The summed E-state index contributed by atoms with van der Waals surface area (Å²) in [4.78, 5) is 19.6. The van der Waals surface area contributed by atoms with Crippen LogP contribution in [0.15, 0.2) is 4.99 Å². The summed E-state index contributed by atoms with van der Waals surface area (Å²) in [5.41, 5.74) is 0. The lowest BCUT2D eigenvalue weighted by Gasteiger charge is -2.39. The second-order valence-electron chi connectivity index (χ2n) is 6.35. The van der Waals surface area contributed by atoms with Crippen molar-refractivity contribution in [3.8, 4) is 0 Å². The number of hydrogen-bond donors (Lipinski definition) is 1. The number of carbonyl (C=O) groups is 1. The molecule has 0 aromatic heterocycles. The van der Waals surface area contributed by atoms with Crippen LogP contribution in [0.5, 0.6) is 0 Å². The summed E-state index contributed by atoms with van der Waals surface area (Å²) in [6, 6.07) is 0. The van der Waals surface area contributed by atoms with Gasteiger partial charge in [-0.2, -0.15) is 11.8 Å². The quantitative estimate of drug-likeness (QED) is 0.261. The van der Waals surface area contributed by atoms with Crippen molar-refractivity contribution in [1.82, 2.24) is 15.1 Å². The van der Waals surface area contributed by atoms with Crippen molar-refractivity contribution in [2.75, 3.05) is 58.0 Å². The molecule has 142 valence electrons. The molecule has 0 saturated carbocycles. The van der Waals surface area contributed by atoms with E-state index in [1.54, 1.807) is 39.7 Å². The zero-order valence-electron chi connectivity index (χ0n) is 15.0. The summed E-state index contributed by atoms with van der Waals surface area (Å²) < 4.78 is 23.5. The van der Waals surface area contributed by atoms with Gasteiger partial charge in [0.05, 0.1) is 10.5 Å². The zero-order chi connectivity index (χ0) is 17.7. The molecule has 1 heterocycles. The van der Waals surface area contributed by atoms with Gasteiger partial charge < -0.3 is 15.1 Å². The molecule has 0 radical (unpaired) electrons. The molecule has 0 aliphatic carbocycles. The maximum atomic E-state index is 12.1. The highest BCUT2D eigenvalue weighted by Gasteiger charge is 2.41. The predicted molar refractivity (Wildman–Crippen MR) is 112 cm³/mol. The van der Waals surface area contributed by atoms with Crippen LogP contribution in [-0.4, -0.2) is 92.9 Å². The largest absolute Gasteiger partial charge is 0.355 e. The first-order valence-electron chi connectivity index (χ1n) is 7.55. The average molecular weight is 492 g/mol. The van der Waals surface area contributed by atoms with Crippen LogP contribution >= 0.6 is 35.7 Å². The number of amides is 1. The molecular weight excluding hydrogens is 463 g/mol. The normalized spacial score (nSPS) is 19.4. The molecule has 1 fully saturated rings. The maximum absolute atomic E-state index is 12.1. The first-order chi connectivity index (χ1) is 10.6. The van der Waals surface area contributed by atoms with Gasteiger partial charge in [-0.3, -0.25) is 4.79 Å². The number of likely N-dealkylation sites (N-methyl/N-ethyl adjacent to an activating group) is 1. The van der Waals surface area contributed by atoms with Gasteiger partial charge in [-0.25, -0.2) is 13.4 Å². The first kappa shape index (κ1) is 23.8. The Hall–Kier alpha value is -0.230. The van der Waals surface area contributed by atoms with Crippen molar-refractivity contribution in [2.45, 2.75) is 18.6 Å². The molecule has 7 nitrogen and oxygen atoms in total. The summed E-state index contributed by atoms with van der Waals surface area (Å²) in [5.74, 6) is 1.54. The second-order valence-corrected chi connectivity index (χ2v) is 10.1. The summed E-state index contributed by atoms with van der Waals surface area (Å²) >= 11 is 1.71. The average Bonchev–Trinajstić information content (AvgIpc) is 2.45. The van der Waals surface area contributed by atoms with E-state index in [0.717, 1.165) is 12.3 Å². The molecule has 24 heavy (non-hydrogen) atoms. The Kier molecular flexibility index (Phi) is 9.95.